The van der Waals surface area contributed by atoms with Gasteiger partial charge in [0.1, 0.15) is 5.82 Å². The van der Waals surface area contributed by atoms with Crippen LogP contribution in [0.15, 0.2) is 52.3 Å². The lowest BCUT2D eigenvalue weighted by Crippen LogP contribution is -1.93. The van der Waals surface area contributed by atoms with Crippen molar-refractivity contribution >= 4 is 23.7 Å². The Bertz CT molecular complexity index is 646. The molecule has 0 aliphatic heterocycles. The Morgan fingerprint density at radius 2 is 1.89 bits per heavy atom. The highest BCUT2D eigenvalue weighted by atomic mass is 32.2. The van der Waals surface area contributed by atoms with E-state index in [-0.39, 0.29) is 16.1 Å². The molecule has 0 saturated carbocycles. The molecule has 0 fully saturated rings. The van der Waals surface area contributed by atoms with Gasteiger partial charge in [0.2, 0.25) is 0 Å². The predicted molar refractivity (Wildman–Crippen MR) is 69.0 cm³/mol. The fourth-order valence-electron chi connectivity index (χ4n) is 1.53. The maximum atomic E-state index is 13.7. The van der Waals surface area contributed by atoms with E-state index >= 15 is 0 Å². The van der Waals surface area contributed by atoms with E-state index in [0.29, 0.717) is 11.2 Å². The molecule has 0 aliphatic carbocycles. The second kappa shape index (κ2) is 5.62. The van der Waals surface area contributed by atoms with Gasteiger partial charge in [-0.1, -0.05) is 36.0 Å². The quantitative estimate of drug-likeness (QED) is 0.485. The number of para-hydroxylation sites is 1. The van der Waals surface area contributed by atoms with E-state index in [1.807, 2.05) is 0 Å². The molecule has 0 radical (unpaired) electrons. The third-order valence-electron chi connectivity index (χ3n) is 2.40. The highest BCUT2D eigenvalue weighted by molar-refractivity contribution is 7.99. The summed E-state index contributed by atoms with van der Waals surface area (Å²) in [6, 6.07) is 10.1. The van der Waals surface area contributed by atoms with Gasteiger partial charge in [-0.3, -0.25) is 14.9 Å². The number of hydrogen-bond acceptors (Lipinski definition) is 4. The number of nitro benzene ring substituents is 1. The van der Waals surface area contributed by atoms with Crippen molar-refractivity contribution in [3.05, 3.63) is 64.0 Å². The van der Waals surface area contributed by atoms with Crippen LogP contribution in [0.25, 0.3) is 0 Å². The van der Waals surface area contributed by atoms with Crippen molar-refractivity contribution in [3.8, 4) is 0 Å². The van der Waals surface area contributed by atoms with Gasteiger partial charge in [-0.25, -0.2) is 4.39 Å². The highest BCUT2D eigenvalue weighted by Crippen LogP contribution is 2.37. The first-order chi connectivity index (χ1) is 9.13. The number of nitro groups is 1. The molecule has 0 spiro atoms. The van der Waals surface area contributed by atoms with Crippen LogP contribution in [0.3, 0.4) is 0 Å². The summed E-state index contributed by atoms with van der Waals surface area (Å²) < 4.78 is 13.7. The Kier molecular flexibility index (Phi) is 3.91. The second-order valence-corrected chi connectivity index (χ2v) is 4.66. The van der Waals surface area contributed by atoms with Gasteiger partial charge in [0.15, 0.2) is 6.29 Å². The van der Waals surface area contributed by atoms with Crippen LogP contribution >= 0.6 is 11.8 Å². The lowest BCUT2D eigenvalue weighted by atomic mass is 10.2. The fourth-order valence-corrected chi connectivity index (χ4v) is 2.54. The summed E-state index contributed by atoms with van der Waals surface area (Å²) in [7, 11) is 0. The van der Waals surface area contributed by atoms with Crippen molar-refractivity contribution in [2.45, 2.75) is 9.79 Å². The summed E-state index contributed by atoms with van der Waals surface area (Å²) in [5.74, 6) is -0.576. The third-order valence-corrected chi connectivity index (χ3v) is 3.60. The molecule has 0 heterocycles. The van der Waals surface area contributed by atoms with Gasteiger partial charge in [-0.15, -0.1) is 0 Å². The van der Waals surface area contributed by atoms with E-state index in [2.05, 4.69) is 0 Å². The van der Waals surface area contributed by atoms with E-state index in [0.717, 1.165) is 11.8 Å². The number of benzene rings is 2. The zero-order chi connectivity index (χ0) is 13.8. The number of carbonyl (C=O) groups is 1. The Morgan fingerprint density at radius 1 is 1.16 bits per heavy atom. The van der Waals surface area contributed by atoms with Gasteiger partial charge in [0.25, 0.3) is 5.69 Å². The standard InChI is InChI=1S/C13H8FNO3S/c14-10-5-3-4-9(8-16)13(10)19-12-7-2-1-6-11(12)15(17)18/h1-8H. The summed E-state index contributed by atoms with van der Waals surface area (Å²) in [5.41, 5.74) is 0.0516. The molecular formula is C13H8FNO3S. The van der Waals surface area contributed by atoms with Crippen molar-refractivity contribution in [1.29, 1.82) is 0 Å². The number of halogens is 1. The SMILES string of the molecule is O=Cc1cccc(F)c1Sc1ccccc1[N+](=O)[O-]. The number of aldehydes is 1. The van der Waals surface area contributed by atoms with Crippen LogP contribution in [-0.4, -0.2) is 11.2 Å². The molecule has 0 amide bonds. The average Bonchev–Trinajstić information content (AvgIpc) is 2.41. The molecule has 2 rings (SSSR count). The van der Waals surface area contributed by atoms with Crippen LogP contribution in [0.4, 0.5) is 10.1 Å². The van der Waals surface area contributed by atoms with Crippen LogP contribution in [0, 0.1) is 15.9 Å². The van der Waals surface area contributed by atoms with Crippen LogP contribution < -0.4 is 0 Å². The van der Waals surface area contributed by atoms with Crippen LogP contribution in [0.5, 0.6) is 0 Å². The molecule has 0 saturated heterocycles. The molecule has 19 heavy (non-hydrogen) atoms. The fraction of sp³-hybridized carbons (Fsp3) is 0. The average molecular weight is 277 g/mol. The minimum Gasteiger partial charge on any atom is -0.298 e. The zero-order valence-electron chi connectivity index (χ0n) is 9.58. The molecule has 6 heteroatoms. The lowest BCUT2D eigenvalue weighted by Gasteiger charge is -2.06. The minimum absolute atomic E-state index is 0.0896. The van der Waals surface area contributed by atoms with Crippen LogP contribution in [0.2, 0.25) is 0 Å². The molecule has 0 atom stereocenters. The van der Waals surface area contributed by atoms with E-state index in [1.54, 1.807) is 6.07 Å². The molecule has 4 nitrogen and oxygen atoms in total. The van der Waals surface area contributed by atoms with Gasteiger partial charge in [-0.2, -0.15) is 0 Å². The Morgan fingerprint density at radius 3 is 2.58 bits per heavy atom. The van der Waals surface area contributed by atoms with Gasteiger partial charge in [0.05, 0.1) is 14.7 Å². The smallest absolute Gasteiger partial charge is 0.283 e. The molecule has 0 aromatic heterocycles. The Balaban J connectivity index is 2.48. The second-order valence-electron chi connectivity index (χ2n) is 3.60. The van der Waals surface area contributed by atoms with E-state index < -0.39 is 10.7 Å². The number of rotatable bonds is 4. The van der Waals surface area contributed by atoms with Gasteiger partial charge in [-0.05, 0) is 12.1 Å². The maximum absolute atomic E-state index is 13.7. The first-order valence-corrected chi connectivity index (χ1v) is 6.10. The van der Waals surface area contributed by atoms with E-state index in [1.165, 1.54) is 36.4 Å². The largest absolute Gasteiger partial charge is 0.298 e. The monoisotopic (exact) mass is 277 g/mol. The van der Waals surface area contributed by atoms with Crippen LogP contribution in [0.1, 0.15) is 10.4 Å². The topological polar surface area (TPSA) is 60.2 Å². The predicted octanol–water partition coefficient (Wildman–Crippen LogP) is 3.70. The Labute approximate surface area is 112 Å². The van der Waals surface area contributed by atoms with Crippen molar-refractivity contribution in [3.63, 3.8) is 0 Å². The third kappa shape index (κ3) is 2.79. The van der Waals surface area contributed by atoms with Crippen LogP contribution in [-0.2, 0) is 0 Å². The number of hydrogen-bond donors (Lipinski definition) is 0. The maximum Gasteiger partial charge on any atom is 0.283 e. The molecule has 96 valence electrons. The molecule has 0 N–H and O–H groups in total. The molecule has 2 aromatic carbocycles. The summed E-state index contributed by atoms with van der Waals surface area (Å²) in [5, 5.41) is 10.9. The first kappa shape index (κ1) is 13.2. The van der Waals surface area contributed by atoms with E-state index in [4.69, 9.17) is 0 Å². The van der Waals surface area contributed by atoms with Crippen molar-refractivity contribution in [2.24, 2.45) is 0 Å². The highest BCUT2D eigenvalue weighted by Gasteiger charge is 2.17. The Hall–Kier alpha value is -2.21. The normalized spacial score (nSPS) is 10.2. The van der Waals surface area contributed by atoms with Gasteiger partial charge >= 0.3 is 0 Å². The van der Waals surface area contributed by atoms with Gasteiger partial charge in [0, 0.05) is 11.6 Å². The van der Waals surface area contributed by atoms with Gasteiger partial charge < -0.3 is 0 Å². The van der Waals surface area contributed by atoms with Crippen molar-refractivity contribution in [2.75, 3.05) is 0 Å². The zero-order valence-corrected chi connectivity index (χ0v) is 10.4. The number of nitrogens with zero attached hydrogens (tertiary/aromatic N) is 1. The van der Waals surface area contributed by atoms with Crippen molar-refractivity contribution in [1.82, 2.24) is 0 Å². The summed E-state index contributed by atoms with van der Waals surface area (Å²) in [6.45, 7) is 0. The lowest BCUT2D eigenvalue weighted by molar-refractivity contribution is -0.387. The molecule has 0 bridgehead atoms. The molecule has 2 aromatic rings. The molecule has 0 unspecified atom stereocenters. The molecule has 0 aliphatic rings. The number of carbonyl (C=O) groups excluding carboxylic acids is 1. The van der Waals surface area contributed by atoms with Crippen molar-refractivity contribution < 1.29 is 14.1 Å². The summed E-state index contributed by atoms with van der Waals surface area (Å²) >= 11 is 0.872. The molecular weight excluding hydrogens is 269 g/mol. The van der Waals surface area contributed by atoms with E-state index in [9.17, 15) is 19.3 Å². The summed E-state index contributed by atoms with van der Waals surface area (Å²) in [6.07, 6.45) is 0.528. The minimum atomic E-state index is -0.576. The first-order valence-electron chi connectivity index (χ1n) is 5.28. The summed E-state index contributed by atoms with van der Waals surface area (Å²) in [4.78, 5) is 21.6.